The zero-order valence-corrected chi connectivity index (χ0v) is 10.6. The molecule has 0 aromatic rings. The Morgan fingerprint density at radius 3 is 2.71 bits per heavy atom. The summed E-state index contributed by atoms with van der Waals surface area (Å²) in [7, 11) is -0.937. The molecule has 6 nitrogen and oxygen atoms in total. The molecular weight excluding hydrogens is 244 g/mol. The zero-order valence-electron chi connectivity index (χ0n) is 9.77. The first-order valence-corrected chi connectivity index (χ1v) is 7.30. The molecule has 2 amide bonds. The van der Waals surface area contributed by atoms with Crippen molar-refractivity contribution in [3.8, 4) is 0 Å². The van der Waals surface area contributed by atoms with Gasteiger partial charge >= 0.3 is 12.0 Å². The van der Waals surface area contributed by atoms with Crippen molar-refractivity contribution in [1.29, 1.82) is 0 Å². The number of carbonyl (C=O) groups excluding carboxylic acids is 1. The Morgan fingerprint density at radius 2 is 2.12 bits per heavy atom. The summed E-state index contributed by atoms with van der Waals surface area (Å²) < 4.78 is 10.8. The van der Waals surface area contributed by atoms with Crippen LogP contribution in [-0.4, -0.2) is 45.9 Å². The number of carboxylic acid groups (broad SMARTS) is 1. The van der Waals surface area contributed by atoms with E-state index in [2.05, 4.69) is 10.6 Å². The van der Waals surface area contributed by atoms with Crippen molar-refractivity contribution in [3.05, 3.63) is 0 Å². The monoisotopic (exact) mass is 262 g/mol. The highest BCUT2D eigenvalue weighted by molar-refractivity contribution is 7.84. The molecule has 17 heavy (non-hydrogen) atoms. The van der Waals surface area contributed by atoms with E-state index in [4.69, 9.17) is 5.11 Å². The van der Waals surface area contributed by atoms with Gasteiger partial charge in [0.25, 0.3) is 0 Å². The molecule has 1 fully saturated rings. The number of carboxylic acids is 1. The van der Waals surface area contributed by atoms with Crippen LogP contribution in [-0.2, 0) is 15.6 Å². The van der Waals surface area contributed by atoms with Crippen molar-refractivity contribution >= 4 is 22.8 Å². The molecule has 3 atom stereocenters. The Balaban J connectivity index is 2.30. The van der Waals surface area contributed by atoms with E-state index < -0.39 is 22.7 Å². The minimum atomic E-state index is -0.937. The predicted octanol–water partition coefficient (Wildman–Crippen LogP) is -0.0826. The smallest absolute Gasteiger partial charge is 0.315 e. The zero-order chi connectivity index (χ0) is 12.8. The molecule has 7 heteroatoms. The third kappa shape index (κ3) is 4.72. The molecule has 0 bridgehead atoms. The van der Waals surface area contributed by atoms with Gasteiger partial charge in [-0.15, -0.1) is 0 Å². The first kappa shape index (κ1) is 14.0. The van der Waals surface area contributed by atoms with E-state index in [1.807, 2.05) is 0 Å². The second-order valence-corrected chi connectivity index (χ2v) is 5.71. The number of nitrogens with one attached hydrogen (secondary N) is 2. The fraction of sp³-hybridized carbons (Fsp3) is 0.800. The molecule has 0 saturated heterocycles. The SMILES string of the molecule is CS(=O)CCNC(=O)NC1CCCC1C(=O)O. The molecule has 98 valence electrons. The molecule has 0 aromatic carbocycles. The van der Waals surface area contributed by atoms with E-state index in [1.54, 1.807) is 6.26 Å². The lowest BCUT2D eigenvalue weighted by Crippen LogP contribution is -2.46. The summed E-state index contributed by atoms with van der Waals surface area (Å²) in [5, 5.41) is 14.2. The molecule has 0 aliphatic heterocycles. The third-order valence-electron chi connectivity index (χ3n) is 2.82. The highest BCUT2D eigenvalue weighted by Crippen LogP contribution is 2.25. The molecule has 0 spiro atoms. The lowest BCUT2D eigenvalue weighted by atomic mass is 10.0. The molecule has 0 aromatic heterocycles. The Bertz CT molecular complexity index is 321. The maximum absolute atomic E-state index is 11.4. The topological polar surface area (TPSA) is 95.5 Å². The lowest BCUT2D eigenvalue weighted by Gasteiger charge is -2.17. The second kappa shape index (κ2) is 6.58. The van der Waals surface area contributed by atoms with Crippen LogP contribution < -0.4 is 10.6 Å². The van der Waals surface area contributed by atoms with E-state index in [0.29, 0.717) is 25.1 Å². The van der Waals surface area contributed by atoms with E-state index >= 15 is 0 Å². The van der Waals surface area contributed by atoms with Crippen LogP contribution in [0.3, 0.4) is 0 Å². The van der Waals surface area contributed by atoms with Gasteiger partial charge in [0.05, 0.1) is 5.92 Å². The second-order valence-electron chi connectivity index (χ2n) is 4.16. The van der Waals surface area contributed by atoms with Gasteiger partial charge in [0.1, 0.15) is 0 Å². The van der Waals surface area contributed by atoms with E-state index in [0.717, 1.165) is 6.42 Å². The fourth-order valence-electron chi connectivity index (χ4n) is 1.96. The van der Waals surface area contributed by atoms with Crippen molar-refractivity contribution < 1.29 is 18.9 Å². The van der Waals surface area contributed by atoms with Crippen molar-refractivity contribution in [2.75, 3.05) is 18.6 Å². The fourth-order valence-corrected chi connectivity index (χ4v) is 2.35. The summed E-state index contributed by atoms with van der Waals surface area (Å²) in [5.41, 5.74) is 0. The number of rotatable bonds is 5. The van der Waals surface area contributed by atoms with Crippen molar-refractivity contribution in [3.63, 3.8) is 0 Å². The minimum Gasteiger partial charge on any atom is -0.481 e. The van der Waals surface area contributed by atoms with E-state index in [9.17, 15) is 13.8 Å². The molecule has 0 radical (unpaired) electrons. The van der Waals surface area contributed by atoms with Gasteiger partial charge in [-0.3, -0.25) is 9.00 Å². The van der Waals surface area contributed by atoms with E-state index in [-0.39, 0.29) is 12.1 Å². The number of amides is 2. The van der Waals surface area contributed by atoms with Gasteiger partial charge in [-0.1, -0.05) is 6.42 Å². The van der Waals surface area contributed by atoms with Crippen LogP contribution in [0.2, 0.25) is 0 Å². The summed E-state index contributed by atoms with van der Waals surface area (Å²) in [6, 6.07) is -0.673. The first-order chi connectivity index (χ1) is 8.00. The van der Waals surface area contributed by atoms with Gasteiger partial charge in [0, 0.05) is 35.4 Å². The van der Waals surface area contributed by atoms with Crippen LogP contribution in [0.5, 0.6) is 0 Å². The molecule has 1 saturated carbocycles. The van der Waals surface area contributed by atoms with Gasteiger partial charge in [-0.05, 0) is 12.8 Å². The Hall–Kier alpha value is -1.11. The van der Waals surface area contributed by atoms with Crippen molar-refractivity contribution in [2.24, 2.45) is 5.92 Å². The standard InChI is InChI=1S/C10H18N2O4S/c1-17(16)6-5-11-10(15)12-8-4-2-3-7(8)9(13)14/h7-8H,2-6H2,1H3,(H,13,14)(H2,11,12,15). The van der Waals surface area contributed by atoms with Crippen LogP contribution in [0.15, 0.2) is 0 Å². The Morgan fingerprint density at radius 1 is 1.41 bits per heavy atom. The Labute approximate surface area is 103 Å². The summed E-state index contributed by atoms with van der Waals surface area (Å²) >= 11 is 0. The third-order valence-corrected chi connectivity index (χ3v) is 3.60. The molecule has 3 N–H and O–H groups in total. The largest absolute Gasteiger partial charge is 0.481 e. The van der Waals surface area contributed by atoms with Crippen molar-refractivity contribution in [2.45, 2.75) is 25.3 Å². The number of hydrogen-bond acceptors (Lipinski definition) is 3. The molecule has 3 unspecified atom stereocenters. The first-order valence-electron chi connectivity index (χ1n) is 5.58. The number of aliphatic carboxylic acids is 1. The lowest BCUT2D eigenvalue weighted by molar-refractivity contribution is -0.142. The number of hydrogen-bond donors (Lipinski definition) is 3. The maximum Gasteiger partial charge on any atom is 0.315 e. The van der Waals surface area contributed by atoms with Gasteiger partial charge < -0.3 is 15.7 Å². The van der Waals surface area contributed by atoms with Crippen LogP contribution >= 0.6 is 0 Å². The quantitative estimate of drug-likeness (QED) is 0.645. The summed E-state index contributed by atoms with van der Waals surface area (Å²) in [4.78, 5) is 22.3. The highest BCUT2D eigenvalue weighted by Gasteiger charge is 2.33. The van der Waals surface area contributed by atoms with Gasteiger partial charge in [0.2, 0.25) is 0 Å². The van der Waals surface area contributed by atoms with Gasteiger partial charge in [-0.25, -0.2) is 4.79 Å². The average Bonchev–Trinajstić information content (AvgIpc) is 2.65. The predicted molar refractivity (Wildman–Crippen MR) is 64.2 cm³/mol. The summed E-state index contributed by atoms with van der Waals surface area (Å²) in [6.45, 7) is 0.333. The van der Waals surface area contributed by atoms with Crippen molar-refractivity contribution in [1.82, 2.24) is 10.6 Å². The highest BCUT2D eigenvalue weighted by atomic mass is 32.2. The van der Waals surface area contributed by atoms with Crippen LogP contribution in [0.1, 0.15) is 19.3 Å². The van der Waals surface area contributed by atoms with Gasteiger partial charge in [0.15, 0.2) is 0 Å². The average molecular weight is 262 g/mol. The number of urea groups is 1. The molecule has 0 heterocycles. The number of carbonyl (C=O) groups is 2. The molecular formula is C10H18N2O4S. The molecule has 1 rings (SSSR count). The van der Waals surface area contributed by atoms with E-state index in [1.165, 1.54) is 0 Å². The molecule has 1 aliphatic carbocycles. The maximum atomic E-state index is 11.4. The van der Waals surface area contributed by atoms with Crippen LogP contribution in [0.25, 0.3) is 0 Å². The van der Waals surface area contributed by atoms with Crippen LogP contribution in [0.4, 0.5) is 4.79 Å². The molecule has 1 aliphatic rings. The summed E-state index contributed by atoms with van der Waals surface area (Å²) in [6.07, 6.45) is 3.70. The minimum absolute atomic E-state index is 0.292. The Kier molecular flexibility index (Phi) is 5.40. The summed E-state index contributed by atoms with van der Waals surface area (Å²) in [5.74, 6) is -0.941. The van der Waals surface area contributed by atoms with Crippen LogP contribution in [0, 0.1) is 5.92 Å². The van der Waals surface area contributed by atoms with Gasteiger partial charge in [-0.2, -0.15) is 0 Å². The normalized spacial score (nSPS) is 25.2.